The number of imide groups is 1. The van der Waals surface area contributed by atoms with E-state index >= 15 is 0 Å². The number of hydrogen-bond acceptors (Lipinski definition) is 7. The summed E-state index contributed by atoms with van der Waals surface area (Å²) in [7, 11) is 3.37. The first-order valence-electron chi connectivity index (χ1n) is 8.04. The van der Waals surface area contributed by atoms with Crippen LogP contribution in [-0.2, 0) is 9.59 Å². The van der Waals surface area contributed by atoms with Crippen molar-refractivity contribution in [3.8, 4) is 5.75 Å². The Kier molecular flexibility index (Phi) is 4.69. The molecule has 9 heteroatoms. The van der Waals surface area contributed by atoms with Crippen LogP contribution >= 0.6 is 0 Å². The Morgan fingerprint density at radius 1 is 1.20 bits per heavy atom. The zero-order chi connectivity index (χ0) is 18.1. The van der Waals surface area contributed by atoms with Gasteiger partial charge >= 0.3 is 0 Å². The van der Waals surface area contributed by atoms with Crippen molar-refractivity contribution in [3.63, 3.8) is 0 Å². The standard InChI is InChI=1S/C16H20N4O5/c1-17-5-7-18(8-6-17)13-10-15(21)19(16(13)22)12-4-3-11(20(23)24)9-14(12)25-2/h3-4,9,13H,5-8,10H2,1-2H3. The molecule has 2 aliphatic rings. The topological polar surface area (TPSA) is 96.2 Å². The maximum Gasteiger partial charge on any atom is 0.273 e. The Hall–Kier alpha value is -2.52. The lowest BCUT2D eigenvalue weighted by Crippen LogP contribution is -2.51. The van der Waals surface area contributed by atoms with Gasteiger partial charge in [0.25, 0.3) is 11.6 Å². The molecule has 2 fully saturated rings. The fourth-order valence-corrected chi connectivity index (χ4v) is 3.25. The van der Waals surface area contributed by atoms with Crippen LogP contribution in [0.2, 0.25) is 0 Å². The summed E-state index contributed by atoms with van der Waals surface area (Å²) in [6.45, 7) is 3.15. The number of nitro benzene ring substituents is 1. The van der Waals surface area contributed by atoms with Crippen LogP contribution in [0.4, 0.5) is 11.4 Å². The molecule has 0 aliphatic carbocycles. The first-order chi connectivity index (χ1) is 11.9. The summed E-state index contributed by atoms with van der Waals surface area (Å²) in [6, 6.07) is 3.39. The number of ether oxygens (including phenoxy) is 1. The van der Waals surface area contributed by atoms with E-state index in [9.17, 15) is 19.7 Å². The number of carbonyl (C=O) groups excluding carboxylic acids is 2. The number of piperazine rings is 1. The number of nitrogens with zero attached hydrogens (tertiary/aromatic N) is 4. The third-order valence-electron chi connectivity index (χ3n) is 4.72. The summed E-state index contributed by atoms with van der Waals surface area (Å²) < 4.78 is 5.17. The van der Waals surface area contributed by atoms with Gasteiger partial charge in [-0.2, -0.15) is 0 Å². The third kappa shape index (κ3) is 3.20. The summed E-state index contributed by atoms with van der Waals surface area (Å²) in [6.07, 6.45) is 0.114. The quantitative estimate of drug-likeness (QED) is 0.444. The van der Waals surface area contributed by atoms with Crippen molar-refractivity contribution < 1.29 is 19.2 Å². The molecule has 0 bridgehead atoms. The van der Waals surface area contributed by atoms with Crippen molar-refractivity contribution in [1.82, 2.24) is 9.80 Å². The lowest BCUT2D eigenvalue weighted by molar-refractivity contribution is -0.384. The molecule has 2 heterocycles. The highest BCUT2D eigenvalue weighted by Crippen LogP contribution is 2.36. The zero-order valence-corrected chi connectivity index (χ0v) is 14.2. The molecular formula is C16H20N4O5. The van der Waals surface area contributed by atoms with E-state index in [4.69, 9.17) is 4.74 Å². The Bertz CT molecular complexity index is 714. The minimum absolute atomic E-state index is 0.114. The maximum atomic E-state index is 12.8. The van der Waals surface area contributed by atoms with Crippen molar-refractivity contribution >= 4 is 23.2 Å². The Morgan fingerprint density at radius 2 is 1.88 bits per heavy atom. The third-order valence-corrected chi connectivity index (χ3v) is 4.72. The van der Waals surface area contributed by atoms with Crippen LogP contribution in [0.3, 0.4) is 0 Å². The predicted octanol–water partition coefficient (Wildman–Crippen LogP) is 0.483. The van der Waals surface area contributed by atoms with Gasteiger partial charge in [-0.25, -0.2) is 4.90 Å². The zero-order valence-electron chi connectivity index (χ0n) is 14.2. The molecule has 1 unspecified atom stereocenters. The van der Waals surface area contributed by atoms with Gasteiger partial charge in [-0.15, -0.1) is 0 Å². The largest absolute Gasteiger partial charge is 0.494 e. The summed E-state index contributed by atoms with van der Waals surface area (Å²) in [4.78, 5) is 41.0. The molecule has 2 saturated heterocycles. The van der Waals surface area contributed by atoms with E-state index in [0.717, 1.165) is 31.1 Å². The van der Waals surface area contributed by atoms with Crippen LogP contribution in [0.5, 0.6) is 5.75 Å². The average Bonchev–Trinajstić information content (AvgIpc) is 2.89. The summed E-state index contributed by atoms with van der Waals surface area (Å²) in [5, 5.41) is 10.9. The fraction of sp³-hybridized carbons (Fsp3) is 0.500. The van der Waals surface area contributed by atoms with Crippen LogP contribution in [-0.4, -0.2) is 72.9 Å². The molecule has 0 spiro atoms. The second-order valence-corrected chi connectivity index (χ2v) is 6.24. The van der Waals surface area contributed by atoms with E-state index in [1.54, 1.807) is 0 Å². The predicted molar refractivity (Wildman–Crippen MR) is 89.6 cm³/mol. The smallest absolute Gasteiger partial charge is 0.273 e. The average molecular weight is 348 g/mol. The number of nitro groups is 1. The van der Waals surface area contributed by atoms with E-state index in [-0.39, 0.29) is 35.4 Å². The van der Waals surface area contributed by atoms with E-state index in [1.165, 1.54) is 25.3 Å². The summed E-state index contributed by atoms with van der Waals surface area (Å²) >= 11 is 0. The van der Waals surface area contributed by atoms with Gasteiger partial charge < -0.3 is 9.64 Å². The van der Waals surface area contributed by atoms with Gasteiger partial charge in [0.05, 0.1) is 36.2 Å². The molecule has 2 aliphatic heterocycles. The first kappa shape index (κ1) is 17.3. The Labute approximate surface area is 144 Å². The number of benzene rings is 1. The monoisotopic (exact) mass is 348 g/mol. The van der Waals surface area contributed by atoms with Gasteiger partial charge in [0.2, 0.25) is 5.91 Å². The number of anilines is 1. The van der Waals surface area contributed by atoms with Crippen LogP contribution in [0.15, 0.2) is 18.2 Å². The van der Waals surface area contributed by atoms with Gasteiger partial charge in [0, 0.05) is 32.2 Å². The van der Waals surface area contributed by atoms with E-state index in [1.807, 2.05) is 11.9 Å². The minimum Gasteiger partial charge on any atom is -0.494 e. The highest BCUT2D eigenvalue weighted by atomic mass is 16.6. The van der Waals surface area contributed by atoms with Crippen LogP contribution < -0.4 is 9.64 Å². The highest BCUT2D eigenvalue weighted by molar-refractivity contribution is 6.23. The van der Waals surface area contributed by atoms with Crippen molar-refractivity contribution in [3.05, 3.63) is 28.3 Å². The molecule has 1 atom stereocenters. The number of rotatable bonds is 4. The van der Waals surface area contributed by atoms with Crippen LogP contribution in [0.25, 0.3) is 0 Å². The molecule has 3 rings (SSSR count). The van der Waals surface area contributed by atoms with Crippen molar-refractivity contribution in [2.75, 3.05) is 45.2 Å². The number of amides is 2. The molecule has 0 radical (unpaired) electrons. The first-order valence-corrected chi connectivity index (χ1v) is 8.04. The molecule has 25 heavy (non-hydrogen) atoms. The summed E-state index contributed by atoms with van der Waals surface area (Å²) in [5.74, 6) is -0.488. The lowest BCUT2D eigenvalue weighted by atomic mass is 10.2. The van der Waals surface area contributed by atoms with Gasteiger partial charge in [0.1, 0.15) is 5.75 Å². The minimum atomic E-state index is -0.549. The van der Waals surface area contributed by atoms with Gasteiger partial charge in [-0.3, -0.25) is 24.6 Å². The van der Waals surface area contributed by atoms with Crippen molar-refractivity contribution in [2.45, 2.75) is 12.5 Å². The molecule has 9 nitrogen and oxygen atoms in total. The fourth-order valence-electron chi connectivity index (χ4n) is 3.25. The molecule has 0 aromatic heterocycles. The van der Waals surface area contributed by atoms with Gasteiger partial charge in [-0.05, 0) is 13.1 Å². The van der Waals surface area contributed by atoms with E-state index in [0.29, 0.717) is 0 Å². The molecule has 0 N–H and O–H groups in total. The van der Waals surface area contributed by atoms with Gasteiger partial charge in [-0.1, -0.05) is 0 Å². The molecule has 1 aromatic carbocycles. The number of hydrogen-bond donors (Lipinski definition) is 0. The molecular weight excluding hydrogens is 328 g/mol. The summed E-state index contributed by atoms with van der Waals surface area (Å²) in [5.41, 5.74) is 0.0926. The normalized spacial score (nSPS) is 22.5. The molecule has 0 saturated carbocycles. The molecule has 2 amide bonds. The number of carbonyl (C=O) groups is 2. The van der Waals surface area contributed by atoms with Crippen molar-refractivity contribution in [2.24, 2.45) is 0 Å². The molecule has 1 aromatic rings. The highest BCUT2D eigenvalue weighted by Gasteiger charge is 2.44. The van der Waals surface area contributed by atoms with E-state index in [2.05, 4.69) is 4.90 Å². The number of methoxy groups -OCH3 is 1. The SMILES string of the molecule is COc1cc([N+](=O)[O-])ccc1N1C(=O)CC(N2CCN(C)CC2)C1=O. The Balaban J connectivity index is 1.86. The van der Waals surface area contributed by atoms with Crippen molar-refractivity contribution in [1.29, 1.82) is 0 Å². The van der Waals surface area contributed by atoms with E-state index < -0.39 is 11.0 Å². The number of likely N-dealkylation sites (N-methyl/N-ethyl adjacent to an activating group) is 1. The second kappa shape index (κ2) is 6.77. The second-order valence-electron chi connectivity index (χ2n) is 6.24. The Morgan fingerprint density at radius 3 is 2.48 bits per heavy atom. The van der Waals surface area contributed by atoms with Gasteiger partial charge in [0.15, 0.2) is 0 Å². The van der Waals surface area contributed by atoms with Crippen LogP contribution in [0, 0.1) is 10.1 Å². The maximum absolute atomic E-state index is 12.8. The van der Waals surface area contributed by atoms with Crippen LogP contribution in [0.1, 0.15) is 6.42 Å². The molecule has 134 valence electrons. The lowest BCUT2D eigenvalue weighted by Gasteiger charge is -2.35. The number of non-ortho nitro benzene ring substituents is 1.